The third-order valence-electron chi connectivity index (χ3n) is 2.94. The first kappa shape index (κ1) is 15.9. The first-order valence-electron chi connectivity index (χ1n) is 6.72. The molecule has 20 heavy (non-hydrogen) atoms. The molecule has 3 N–H and O–H groups in total. The lowest BCUT2D eigenvalue weighted by Gasteiger charge is -2.08. The van der Waals surface area contributed by atoms with E-state index < -0.39 is 5.97 Å². The van der Waals surface area contributed by atoms with E-state index in [9.17, 15) is 9.59 Å². The van der Waals surface area contributed by atoms with Crippen LogP contribution >= 0.6 is 0 Å². The van der Waals surface area contributed by atoms with E-state index in [0.717, 1.165) is 24.0 Å². The third-order valence-corrected chi connectivity index (χ3v) is 2.94. The zero-order valence-corrected chi connectivity index (χ0v) is 11.7. The van der Waals surface area contributed by atoms with Crippen molar-refractivity contribution in [3.63, 3.8) is 0 Å². The fourth-order valence-electron chi connectivity index (χ4n) is 1.70. The number of aromatic nitrogens is 1. The number of nitrogens with zero attached hydrogens (tertiary/aromatic N) is 1. The maximum Gasteiger partial charge on any atom is 0.315 e. The Hall–Kier alpha value is -2.11. The Bertz CT molecular complexity index is 449. The normalized spacial score (nSPS) is 10.1. The lowest BCUT2D eigenvalue weighted by atomic mass is 10.2. The SMILES string of the molecule is Cc1ccncc1CNC(=O)NCCCCCC(=O)O. The summed E-state index contributed by atoms with van der Waals surface area (Å²) in [5.74, 6) is -0.775. The van der Waals surface area contributed by atoms with Crippen LogP contribution in [-0.2, 0) is 11.3 Å². The highest BCUT2D eigenvalue weighted by molar-refractivity contribution is 5.73. The molecule has 0 aliphatic carbocycles. The number of amides is 2. The quantitative estimate of drug-likeness (QED) is 0.633. The van der Waals surface area contributed by atoms with Crippen molar-refractivity contribution in [2.24, 2.45) is 0 Å². The van der Waals surface area contributed by atoms with Gasteiger partial charge in [0, 0.05) is 31.9 Å². The zero-order valence-electron chi connectivity index (χ0n) is 11.7. The largest absolute Gasteiger partial charge is 0.481 e. The summed E-state index contributed by atoms with van der Waals surface area (Å²) in [5.41, 5.74) is 2.08. The van der Waals surface area contributed by atoms with Gasteiger partial charge in [-0.05, 0) is 37.0 Å². The van der Waals surface area contributed by atoms with Crippen LogP contribution in [0.5, 0.6) is 0 Å². The fourth-order valence-corrected chi connectivity index (χ4v) is 1.70. The number of hydrogen-bond acceptors (Lipinski definition) is 3. The molecule has 0 aliphatic heterocycles. The Morgan fingerprint density at radius 3 is 2.75 bits per heavy atom. The molecular formula is C14H21N3O3. The first-order chi connectivity index (χ1) is 9.59. The van der Waals surface area contributed by atoms with E-state index >= 15 is 0 Å². The summed E-state index contributed by atoms with van der Waals surface area (Å²) in [6, 6.07) is 1.68. The maximum absolute atomic E-state index is 11.5. The van der Waals surface area contributed by atoms with Gasteiger partial charge in [0.15, 0.2) is 0 Å². The Morgan fingerprint density at radius 1 is 1.25 bits per heavy atom. The van der Waals surface area contributed by atoms with E-state index in [1.165, 1.54) is 0 Å². The van der Waals surface area contributed by atoms with Crippen LogP contribution < -0.4 is 10.6 Å². The first-order valence-corrected chi connectivity index (χ1v) is 6.72. The van der Waals surface area contributed by atoms with Crippen LogP contribution in [0.25, 0.3) is 0 Å². The molecule has 0 unspecified atom stereocenters. The smallest absolute Gasteiger partial charge is 0.315 e. The number of carbonyl (C=O) groups excluding carboxylic acids is 1. The van der Waals surface area contributed by atoms with Crippen molar-refractivity contribution in [2.45, 2.75) is 39.2 Å². The van der Waals surface area contributed by atoms with Crippen molar-refractivity contribution in [3.05, 3.63) is 29.6 Å². The minimum absolute atomic E-state index is 0.187. The highest BCUT2D eigenvalue weighted by Gasteiger charge is 2.02. The van der Waals surface area contributed by atoms with Crippen molar-refractivity contribution in [2.75, 3.05) is 6.54 Å². The van der Waals surface area contributed by atoms with Gasteiger partial charge in [0.25, 0.3) is 0 Å². The van der Waals surface area contributed by atoms with Gasteiger partial charge >= 0.3 is 12.0 Å². The Morgan fingerprint density at radius 2 is 2.05 bits per heavy atom. The van der Waals surface area contributed by atoms with Crippen LogP contribution in [0.15, 0.2) is 18.5 Å². The molecule has 1 heterocycles. The van der Waals surface area contributed by atoms with Gasteiger partial charge in [-0.15, -0.1) is 0 Å². The van der Waals surface area contributed by atoms with Crippen LogP contribution in [0.3, 0.4) is 0 Å². The molecule has 6 nitrogen and oxygen atoms in total. The molecule has 0 saturated carbocycles. The number of carbonyl (C=O) groups is 2. The van der Waals surface area contributed by atoms with Gasteiger partial charge in [-0.25, -0.2) is 4.79 Å². The van der Waals surface area contributed by atoms with Gasteiger partial charge in [0.2, 0.25) is 0 Å². The number of nitrogens with one attached hydrogen (secondary N) is 2. The van der Waals surface area contributed by atoms with Crippen molar-refractivity contribution in [3.8, 4) is 0 Å². The number of carboxylic acids is 1. The minimum Gasteiger partial charge on any atom is -0.481 e. The topological polar surface area (TPSA) is 91.3 Å². The predicted octanol–water partition coefficient (Wildman–Crippen LogP) is 1.83. The maximum atomic E-state index is 11.5. The van der Waals surface area contributed by atoms with Crippen molar-refractivity contribution in [1.29, 1.82) is 0 Å². The second-order valence-corrected chi connectivity index (χ2v) is 4.62. The summed E-state index contributed by atoms with van der Waals surface area (Å²) >= 11 is 0. The second-order valence-electron chi connectivity index (χ2n) is 4.62. The molecule has 0 radical (unpaired) electrons. The highest BCUT2D eigenvalue weighted by Crippen LogP contribution is 2.03. The summed E-state index contributed by atoms with van der Waals surface area (Å²) in [6.45, 7) is 2.97. The van der Waals surface area contributed by atoms with Gasteiger partial charge in [-0.1, -0.05) is 6.42 Å². The Kier molecular flexibility index (Phi) is 7.10. The molecule has 2 amide bonds. The van der Waals surface area contributed by atoms with E-state index in [-0.39, 0.29) is 12.5 Å². The monoisotopic (exact) mass is 279 g/mol. The van der Waals surface area contributed by atoms with Gasteiger partial charge in [0.1, 0.15) is 0 Å². The summed E-state index contributed by atoms with van der Waals surface area (Å²) in [7, 11) is 0. The van der Waals surface area contributed by atoms with Gasteiger partial charge in [-0.2, -0.15) is 0 Å². The zero-order chi connectivity index (χ0) is 14.8. The van der Waals surface area contributed by atoms with Crippen molar-refractivity contribution < 1.29 is 14.7 Å². The predicted molar refractivity (Wildman–Crippen MR) is 75.3 cm³/mol. The van der Waals surface area contributed by atoms with Crippen molar-refractivity contribution >= 4 is 12.0 Å². The summed E-state index contributed by atoms with van der Waals surface area (Å²) in [5, 5.41) is 14.0. The molecule has 110 valence electrons. The van der Waals surface area contributed by atoms with Gasteiger partial charge in [0.05, 0.1) is 0 Å². The molecule has 0 fully saturated rings. The van der Waals surface area contributed by atoms with Gasteiger partial charge in [-0.3, -0.25) is 9.78 Å². The molecule has 0 spiro atoms. The molecule has 1 aromatic heterocycles. The molecule has 0 aromatic carbocycles. The van der Waals surface area contributed by atoms with Crippen LogP contribution in [0, 0.1) is 6.92 Å². The number of rotatable bonds is 8. The van der Waals surface area contributed by atoms with E-state index in [4.69, 9.17) is 5.11 Å². The standard InChI is InChI=1S/C14H21N3O3/c1-11-6-8-15-9-12(11)10-17-14(20)16-7-4-2-3-5-13(18)19/h6,8-9H,2-5,7,10H2,1H3,(H,18,19)(H2,16,17,20). The lowest BCUT2D eigenvalue weighted by molar-refractivity contribution is -0.137. The summed E-state index contributed by atoms with van der Waals surface area (Å²) in [4.78, 5) is 25.8. The number of unbranched alkanes of at least 4 members (excludes halogenated alkanes) is 2. The lowest BCUT2D eigenvalue weighted by Crippen LogP contribution is -2.35. The summed E-state index contributed by atoms with van der Waals surface area (Å²) < 4.78 is 0. The van der Waals surface area contributed by atoms with E-state index in [1.807, 2.05) is 13.0 Å². The Labute approximate surface area is 118 Å². The minimum atomic E-state index is -0.775. The van der Waals surface area contributed by atoms with Crippen LogP contribution in [0.1, 0.15) is 36.8 Å². The molecule has 6 heteroatoms. The number of pyridine rings is 1. The number of aliphatic carboxylic acids is 1. The van der Waals surface area contributed by atoms with E-state index in [2.05, 4.69) is 15.6 Å². The molecule has 0 saturated heterocycles. The number of hydrogen-bond donors (Lipinski definition) is 3. The highest BCUT2D eigenvalue weighted by atomic mass is 16.4. The average molecular weight is 279 g/mol. The molecule has 0 atom stereocenters. The molecule has 1 aromatic rings. The number of carboxylic acid groups (broad SMARTS) is 1. The van der Waals surface area contributed by atoms with Gasteiger partial charge < -0.3 is 15.7 Å². The number of urea groups is 1. The molecule has 1 rings (SSSR count). The Balaban J connectivity index is 2.09. The number of aryl methyl sites for hydroxylation is 1. The third kappa shape index (κ3) is 6.72. The van der Waals surface area contributed by atoms with Crippen molar-refractivity contribution in [1.82, 2.24) is 15.6 Å². The average Bonchev–Trinajstić information content (AvgIpc) is 2.41. The molecular weight excluding hydrogens is 258 g/mol. The summed E-state index contributed by atoms with van der Waals surface area (Å²) in [6.07, 6.45) is 5.87. The second kappa shape index (κ2) is 8.90. The van der Waals surface area contributed by atoms with Crippen LogP contribution in [0.2, 0.25) is 0 Å². The molecule has 0 bridgehead atoms. The van der Waals surface area contributed by atoms with Crippen LogP contribution in [0.4, 0.5) is 4.79 Å². The van der Waals surface area contributed by atoms with E-state index in [1.54, 1.807) is 12.4 Å². The molecule has 0 aliphatic rings. The fraction of sp³-hybridized carbons (Fsp3) is 0.500. The van der Waals surface area contributed by atoms with Crippen LogP contribution in [-0.4, -0.2) is 28.6 Å². The van der Waals surface area contributed by atoms with E-state index in [0.29, 0.717) is 19.5 Å².